The van der Waals surface area contributed by atoms with Crippen molar-refractivity contribution in [3.63, 3.8) is 0 Å². The predicted molar refractivity (Wildman–Crippen MR) is 67.5 cm³/mol. The van der Waals surface area contributed by atoms with Crippen LogP contribution in [0.15, 0.2) is 30.3 Å². The monoisotopic (exact) mass is 214 g/mol. The van der Waals surface area contributed by atoms with Gasteiger partial charge in [-0.1, -0.05) is 30.7 Å². The highest BCUT2D eigenvalue weighted by Gasteiger charge is 2.06. The van der Waals surface area contributed by atoms with Crippen molar-refractivity contribution in [1.82, 2.24) is 9.78 Å². The Hall–Kier alpha value is -1.57. The van der Waals surface area contributed by atoms with Gasteiger partial charge in [-0.15, -0.1) is 0 Å². The summed E-state index contributed by atoms with van der Waals surface area (Å²) >= 11 is 0. The number of aromatic nitrogens is 2. The number of hydrogen-bond donors (Lipinski definition) is 0. The smallest absolute Gasteiger partial charge is 0.0926 e. The van der Waals surface area contributed by atoms with E-state index in [0.717, 1.165) is 18.7 Å². The molecule has 2 rings (SSSR count). The van der Waals surface area contributed by atoms with Crippen LogP contribution in [0.1, 0.15) is 25.1 Å². The van der Waals surface area contributed by atoms with Crippen LogP contribution in [-0.2, 0) is 13.0 Å². The lowest BCUT2D eigenvalue weighted by molar-refractivity contribution is 0.628. The molecule has 0 saturated heterocycles. The fraction of sp³-hybridized carbons (Fsp3) is 0.357. The minimum Gasteiger partial charge on any atom is -0.269 e. The highest BCUT2D eigenvalue weighted by molar-refractivity contribution is 5.60. The minimum atomic E-state index is 0.939. The van der Waals surface area contributed by atoms with Crippen molar-refractivity contribution >= 4 is 0 Å². The van der Waals surface area contributed by atoms with Gasteiger partial charge in [-0.05, 0) is 32.4 Å². The molecule has 2 heteroatoms. The van der Waals surface area contributed by atoms with E-state index in [4.69, 9.17) is 0 Å². The van der Waals surface area contributed by atoms with Crippen molar-refractivity contribution in [3.8, 4) is 11.3 Å². The Labute approximate surface area is 96.9 Å². The maximum atomic E-state index is 4.63. The van der Waals surface area contributed by atoms with Crippen molar-refractivity contribution in [2.75, 3.05) is 0 Å². The quantitative estimate of drug-likeness (QED) is 0.765. The van der Waals surface area contributed by atoms with Gasteiger partial charge >= 0.3 is 0 Å². The molecular weight excluding hydrogens is 196 g/mol. The Morgan fingerprint density at radius 1 is 1.19 bits per heavy atom. The Morgan fingerprint density at radius 3 is 2.56 bits per heavy atom. The third kappa shape index (κ3) is 2.01. The zero-order chi connectivity index (χ0) is 11.5. The van der Waals surface area contributed by atoms with Crippen molar-refractivity contribution in [1.29, 1.82) is 0 Å². The van der Waals surface area contributed by atoms with E-state index in [2.05, 4.69) is 60.9 Å². The van der Waals surface area contributed by atoms with E-state index in [1.165, 1.54) is 16.8 Å². The second kappa shape index (κ2) is 4.52. The fourth-order valence-electron chi connectivity index (χ4n) is 1.96. The van der Waals surface area contributed by atoms with Crippen LogP contribution in [0.25, 0.3) is 11.3 Å². The summed E-state index contributed by atoms with van der Waals surface area (Å²) in [5.74, 6) is 0. The first-order chi connectivity index (χ1) is 7.74. The maximum Gasteiger partial charge on any atom is 0.0926 e. The standard InChI is InChI=1S/C14H18N2/c1-4-13-10-14(15-16(13)5-2)12-8-6-7-11(3)9-12/h6-10H,4-5H2,1-3H3. The molecule has 0 fully saturated rings. The Kier molecular flexibility index (Phi) is 3.09. The molecule has 84 valence electrons. The van der Waals surface area contributed by atoms with Gasteiger partial charge in [-0.3, -0.25) is 4.68 Å². The highest BCUT2D eigenvalue weighted by atomic mass is 15.3. The molecule has 0 N–H and O–H groups in total. The van der Waals surface area contributed by atoms with E-state index in [9.17, 15) is 0 Å². The number of hydrogen-bond acceptors (Lipinski definition) is 1. The number of rotatable bonds is 3. The molecule has 0 aliphatic heterocycles. The average molecular weight is 214 g/mol. The Balaban J connectivity index is 2.44. The third-order valence-corrected chi connectivity index (χ3v) is 2.84. The molecule has 2 aromatic rings. The molecule has 0 aliphatic rings. The molecular formula is C14H18N2. The second-order valence-corrected chi connectivity index (χ2v) is 4.06. The fourth-order valence-corrected chi connectivity index (χ4v) is 1.96. The molecule has 2 nitrogen and oxygen atoms in total. The summed E-state index contributed by atoms with van der Waals surface area (Å²) in [5.41, 5.74) is 4.88. The van der Waals surface area contributed by atoms with Gasteiger partial charge in [0.25, 0.3) is 0 Å². The van der Waals surface area contributed by atoms with Crippen molar-refractivity contribution < 1.29 is 0 Å². The first-order valence-electron chi connectivity index (χ1n) is 5.88. The summed E-state index contributed by atoms with van der Waals surface area (Å²) in [6.45, 7) is 7.35. The van der Waals surface area contributed by atoms with Gasteiger partial charge in [0.05, 0.1) is 5.69 Å². The van der Waals surface area contributed by atoms with E-state index in [1.54, 1.807) is 0 Å². The van der Waals surface area contributed by atoms with Crippen LogP contribution < -0.4 is 0 Å². The SMILES string of the molecule is CCc1cc(-c2cccc(C)c2)nn1CC. The highest BCUT2D eigenvalue weighted by Crippen LogP contribution is 2.20. The topological polar surface area (TPSA) is 17.8 Å². The van der Waals surface area contributed by atoms with E-state index in [-0.39, 0.29) is 0 Å². The van der Waals surface area contributed by atoms with E-state index < -0.39 is 0 Å². The molecule has 1 heterocycles. The molecule has 1 aromatic carbocycles. The largest absolute Gasteiger partial charge is 0.269 e. The van der Waals surface area contributed by atoms with Crippen LogP contribution in [-0.4, -0.2) is 9.78 Å². The van der Waals surface area contributed by atoms with Crippen LogP contribution in [0.3, 0.4) is 0 Å². The summed E-state index contributed by atoms with van der Waals surface area (Å²) in [4.78, 5) is 0. The van der Waals surface area contributed by atoms with Crippen LogP contribution in [0.4, 0.5) is 0 Å². The summed E-state index contributed by atoms with van der Waals surface area (Å²) in [7, 11) is 0. The van der Waals surface area contributed by atoms with Gasteiger partial charge in [0.1, 0.15) is 0 Å². The minimum absolute atomic E-state index is 0.939. The summed E-state index contributed by atoms with van der Waals surface area (Å²) in [6, 6.07) is 10.7. The first-order valence-corrected chi connectivity index (χ1v) is 5.88. The molecule has 0 unspecified atom stereocenters. The summed E-state index contributed by atoms with van der Waals surface area (Å²) in [6.07, 6.45) is 1.03. The van der Waals surface area contributed by atoms with Gasteiger partial charge in [0.2, 0.25) is 0 Å². The number of aryl methyl sites for hydroxylation is 3. The van der Waals surface area contributed by atoms with Gasteiger partial charge < -0.3 is 0 Å². The lowest BCUT2D eigenvalue weighted by Gasteiger charge is -1.99. The van der Waals surface area contributed by atoms with Crippen molar-refractivity contribution in [2.45, 2.75) is 33.7 Å². The Bertz CT molecular complexity index is 462. The zero-order valence-corrected chi connectivity index (χ0v) is 10.2. The van der Waals surface area contributed by atoms with E-state index in [0.29, 0.717) is 0 Å². The van der Waals surface area contributed by atoms with Crippen LogP contribution in [0, 0.1) is 6.92 Å². The molecule has 0 atom stereocenters. The van der Waals surface area contributed by atoms with Crippen molar-refractivity contribution in [2.24, 2.45) is 0 Å². The van der Waals surface area contributed by atoms with Crippen LogP contribution >= 0.6 is 0 Å². The average Bonchev–Trinajstić information content (AvgIpc) is 2.72. The Morgan fingerprint density at radius 2 is 2.00 bits per heavy atom. The van der Waals surface area contributed by atoms with Gasteiger partial charge in [-0.25, -0.2) is 0 Å². The van der Waals surface area contributed by atoms with Crippen LogP contribution in [0.2, 0.25) is 0 Å². The molecule has 0 radical (unpaired) electrons. The molecule has 0 saturated carbocycles. The summed E-state index contributed by atoms with van der Waals surface area (Å²) in [5, 5.41) is 4.63. The lowest BCUT2D eigenvalue weighted by atomic mass is 10.1. The molecule has 1 aromatic heterocycles. The molecule has 0 spiro atoms. The summed E-state index contributed by atoms with van der Waals surface area (Å²) < 4.78 is 2.08. The van der Waals surface area contributed by atoms with E-state index in [1.807, 2.05) is 0 Å². The zero-order valence-electron chi connectivity index (χ0n) is 10.2. The van der Waals surface area contributed by atoms with Gasteiger partial charge in [-0.2, -0.15) is 5.10 Å². The van der Waals surface area contributed by atoms with E-state index >= 15 is 0 Å². The second-order valence-electron chi connectivity index (χ2n) is 4.06. The number of benzene rings is 1. The van der Waals surface area contributed by atoms with Gasteiger partial charge in [0.15, 0.2) is 0 Å². The first kappa shape index (κ1) is 10.9. The molecule has 0 aliphatic carbocycles. The predicted octanol–water partition coefficient (Wildman–Crippen LogP) is 3.44. The van der Waals surface area contributed by atoms with Gasteiger partial charge in [0, 0.05) is 17.8 Å². The number of nitrogens with zero attached hydrogens (tertiary/aromatic N) is 2. The molecule has 0 bridgehead atoms. The molecule has 0 amide bonds. The lowest BCUT2D eigenvalue weighted by Crippen LogP contribution is -2.00. The normalized spacial score (nSPS) is 10.7. The van der Waals surface area contributed by atoms with Crippen molar-refractivity contribution in [3.05, 3.63) is 41.6 Å². The molecule has 16 heavy (non-hydrogen) atoms. The van der Waals surface area contributed by atoms with Crippen LogP contribution in [0.5, 0.6) is 0 Å². The third-order valence-electron chi connectivity index (χ3n) is 2.84. The maximum absolute atomic E-state index is 4.63.